The fourth-order valence-electron chi connectivity index (χ4n) is 1.90. The lowest BCUT2D eigenvalue weighted by Crippen LogP contribution is -2.19. The summed E-state index contributed by atoms with van der Waals surface area (Å²) in [4.78, 5) is 35.5. The molecule has 0 fully saturated rings. The number of hydrogen-bond donors (Lipinski definition) is 1. The summed E-state index contributed by atoms with van der Waals surface area (Å²) in [6, 6.07) is 5.95. The minimum Gasteiger partial charge on any atom is -0.478 e. The number of esters is 2. The van der Waals surface area contributed by atoms with E-state index in [0.717, 1.165) is 12.8 Å². The van der Waals surface area contributed by atoms with Crippen molar-refractivity contribution in [2.45, 2.75) is 39.5 Å². The molecule has 6 heteroatoms. The average Bonchev–Trinajstić information content (AvgIpc) is 2.60. The highest BCUT2D eigenvalue weighted by Crippen LogP contribution is 2.13. The molecule has 25 heavy (non-hydrogen) atoms. The number of carboxylic acids is 1. The molecular formula is C19H24O6. The zero-order valence-electron chi connectivity index (χ0n) is 14.6. The molecule has 0 aliphatic heterocycles. The maximum absolute atomic E-state index is 12.2. The highest BCUT2D eigenvalue weighted by molar-refractivity contribution is 6.17. The van der Waals surface area contributed by atoms with E-state index >= 15 is 0 Å². The van der Waals surface area contributed by atoms with Gasteiger partial charge in [-0.1, -0.05) is 38.8 Å². The summed E-state index contributed by atoms with van der Waals surface area (Å²) in [5.41, 5.74) is 0.233. The van der Waals surface area contributed by atoms with Crippen LogP contribution >= 0.6 is 0 Å². The van der Waals surface area contributed by atoms with E-state index in [4.69, 9.17) is 14.6 Å². The van der Waals surface area contributed by atoms with Crippen LogP contribution in [0.4, 0.5) is 0 Å². The molecule has 1 N–H and O–H groups in total. The van der Waals surface area contributed by atoms with Gasteiger partial charge in [-0.3, -0.25) is 0 Å². The fraction of sp³-hybridized carbons (Fsp3) is 0.421. The summed E-state index contributed by atoms with van der Waals surface area (Å²) >= 11 is 0. The minimum atomic E-state index is -1.09. The Balaban J connectivity index is 3.03. The van der Waals surface area contributed by atoms with Crippen LogP contribution in [-0.4, -0.2) is 36.2 Å². The average molecular weight is 348 g/mol. The van der Waals surface area contributed by atoms with Crippen molar-refractivity contribution in [2.75, 3.05) is 13.2 Å². The Hall–Kier alpha value is -2.63. The number of carbonyl (C=O) groups excluding carboxylic acids is 2. The predicted octanol–water partition coefficient (Wildman–Crippen LogP) is 3.45. The van der Waals surface area contributed by atoms with Crippen LogP contribution in [-0.2, 0) is 19.1 Å². The Morgan fingerprint density at radius 2 is 1.56 bits per heavy atom. The molecule has 1 aromatic rings. The molecule has 1 rings (SSSR count). The van der Waals surface area contributed by atoms with Gasteiger partial charge in [0.1, 0.15) is 5.57 Å². The molecule has 0 aliphatic rings. The van der Waals surface area contributed by atoms with Crippen LogP contribution in [0.15, 0.2) is 29.8 Å². The summed E-state index contributed by atoms with van der Waals surface area (Å²) in [5.74, 6) is -2.63. The van der Waals surface area contributed by atoms with E-state index in [1.165, 1.54) is 24.3 Å². The van der Waals surface area contributed by atoms with Gasteiger partial charge in [0.25, 0.3) is 0 Å². The van der Waals surface area contributed by atoms with Crippen LogP contribution in [0, 0.1) is 0 Å². The Morgan fingerprint density at radius 3 is 2.04 bits per heavy atom. The minimum absolute atomic E-state index is 0.0619. The molecule has 0 spiro atoms. The van der Waals surface area contributed by atoms with Crippen molar-refractivity contribution in [1.82, 2.24) is 0 Å². The van der Waals surface area contributed by atoms with Gasteiger partial charge in [-0.25, -0.2) is 14.4 Å². The largest absolute Gasteiger partial charge is 0.478 e. The SMILES string of the molecule is CCCCOC(=O)C(=Cc1cccc(C(=O)O)c1)C(=O)OCCCC. The number of carboxylic acid groups (broad SMARTS) is 1. The quantitative estimate of drug-likeness (QED) is 0.229. The normalized spacial score (nSPS) is 10.0. The summed E-state index contributed by atoms with van der Waals surface area (Å²) in [6.07, 6.45) is 4.40. The Morgan fingerprint density at radius 1 is 1.00 bits per heavy atom. The number of benzene rings is 1. The lowest BCUT2D eigenvalue weighted by molar-refractivity contribution is -0.147. The molecule has 0 saturated carbocycles. The monoisotopic (exact) mass is 348 g/mol. The molecule has 136 valence electrons. The van der Waals surface area contributed by atoms with Crippen molar-refractivity contribution in [3.63, 3.8) is 0 Å². The van der Waals surface area contributed by atoms with E-state index in [0.29, 0.717) is 18.4 Å². The third-order valence-corrected chi connectivity index (χ3v) is 3.35. The van der Waals surface area contributed by atoms with Gasteiger partial charge in [0.15, 0.2) is 0 Å². The van der Waals surface area contributed by atoms with Gasteiger partial charge in [-0.15, -0.1) is 0 Å². The number of rotatable bonds is 10. The molecule has 1 aromatic carbocycles. The molecule has 0 amide bonds. The van der Waals surface area contributed by atoms with Crippen molar-refractivity contribution >= 4 is 24.0 Å². The first kappa shape index (κ1) is 20.4. The molecule has 6 nitrogen and oxygen atoms in total. The summed E-state index contributed by atoms with van der Waals surface area (Å²) in [7, 11) is 0. The van der Waals surface area contributed by atoms with Crippen LogP contribution in [0.25, 0.3) is 6.08 Å². The maximum atomic E-state index is 12.2. The second-order valence-electron chi connectivity index (χ2n) is 5.47. The van der Waals surface area contributed by atoms with Crippen molar-refractivity contribution in [3.8, 4) is 0 Å². The third kappa shape index (κ3) is 7.20. The Labute approximate surface area is 147 Å². The van der Waals surface area contributed by atoms with Gasteiger partial charge in [0, 0.05) is 0 Å². The van der Waals surface area contributed by atoms with Crippen molar-refractivity contribution in [2.24, 2.45) is 0 Å². The molecule has 0 atom stereocenters. The van der Waals surface area contributed by atoms with Gasteiger partial charge in [0.05, 0.1) is 18.8 Å². The number of unbranched alkanes of at least 4 members (excludes halogenated alkanes) is 2. The van der Waals surface area contributed by atoms with E-state index in [2.05, 4.69) is 0 Å². The Kier molecular flexibility index (Phi) is 9.00. The van der Waals surface area contributed by atoms with Crippen LogP contribution in [0.2, 0.25) is 0 Å². The highest BCUT2D eigenvalue weighted by Gasteiger charge is 2.21. The summed E-state index contributed by atoms with van der Waals surface area (Å²) in [5, 5.41) is 9.04. The second-order valence-corrected chi connectivity index (χ2v) is 5.47. The van der Waals surface area contributed by atoms with Crippen LogP contribution in [0.1, 0.15) is 55.5 Å². The number of hydrogen-bond acceptors (Lipinski definition) is 5. The van der Waals surface area contributed by atoms with E-state index in [-0.39, 0.29) is 24.4 Å². The molecule has 0 unspecified atom stereocenters. The summed E-state index contributed by atoms with van der Waals surface area (Å²) in [6.45, 7) is 4.34. The van der Waals surface area contributed by atoms with E-state index in [9.17, 15) is 14.4 Å². The first-order valence-electron chi connectivity index (χ1n) is 8.38. The lowest BCUT2D eigenvalue weighted by Gasteiger charge is -2.09. The van der Waals surface area contributed by atoms with Gasteiger partial charge < -0.3 is 14.6 Å². The predicted molar refractivity (Wildman–Crippen MR) is 93.1 cm³/mol. The smallest absolute Gasteiger partial charge is 0.345 e. The second kappa shape index (κ2) is 11.0. The number of ether oxygens (including phenoxy) is 2. The highest BCUT2D eigenvalue weighted by atomic mass is 16.6. The van der Waals surface area contributed by atoms with Crippen molar-refractivity contribution < 1.29 is 29.0 Å². The first-order chi connectivity index (χ1) is 12.0. The molecule has 0 aromatic heterocycles. The molecule has 0 radical (unpaired) electrons. The molecular weight excluding hydrogens is 324 g/mol. The Bertz CT molecular complexity index is 609. The van der Waals surface area contributed by atoms with Gasteiger partial charge >= 0.3 is 17.9 Å². The van der Waals surface area contributed by atoms with Gasteiger partial charge in [-0.05, 0) is 36.6 Å². The third-order valence-electron chi connectivity index (χ3n) is 3.35. The van der Waals surface area contributed by atoms with E-state index in [1.807, 2.05) is 13.8 Å². The van der Waals surface area contributed by atoms with Crippen LogP contribution < -0.4 is 0 Å². The molecule has 0 saturated heterocycles. The zero-order valence-corrected chi connectivity index (χ0v) is 14.6. The van der Waals surface area contributed by atoms with Gasteiger partial charge in [0.2, 0.25) is 0 Å². The van der Waals surface area contributed by atoms with Crippen molar-refractivity contribution in [3.05, 3.63) is 41.0 Å². The first-order valence-corrected chi connectivity index (χ1v) is 8.38. The van der Waals surface area contributed by atoms with Crippen LogP contribution in [0.5, 0.6) is 0 Å². The number of aromatic carboxylic acids is 1. The standard InChI is InChI=1S/C19H24O6/c1-3-5-10-24-18(22)16(19(23)25-11-6-4-2)13-14-8-7-9-15(12-14)17(20)21/h7-9,12-13H,3-6,10-11H2,1-2H3,(H,20,21). The molecule has 0 heterocycles. The van der Waals surface area contributed by atoms with E-state index in [1.54, 1.807) is 6.07 Å². The van der Waals surface area contributed by atoms with Crippen LogP contribution in [0.3, 0.4) is 0 Å². The molecule has 0 bridgehead atoms. The van der Waals surface area contributed by atoms with Crippen molar-refractivity contribution in [1.29, 1.82) is 0 Å². The lowest BCUT2D eigenvalue weighted by atomic mass is 10.1. The van der Waals surface area contributed by atoms with Gasteiger partial charge in [-0.2, -0.15) is 0 Å². The van der Waals surface area contributed by atoms with E-state index < -0.39 is 17.9 Å². The number of carbonyl (C=O) groups is 3. The summed E-state index contributed by atoms with van der Waals surface area (Å²) < 4.78 is 10.2. The fourth-order valence-corrected chi connectivity index (χ4v) is 1.90. The maximum Gasteiger partial charge on any atom is 0.345 e. The topological polar surface area (TPSA) is 89.9 Å². The zero-order chi connectivity index (χ0) is 18.7. The molecule has 0 aliphatic carbocycles.